The van der Waals surface area contributed by atoms with Crippen LogP contribution in [0.15, 0.2) is 60.0 Å². The van der Waals surface area contributed by atoms with E-state index in [1.54, 1.807) is 6.20 Å². The average Bonchev–Trinajstić information content (AvgIpc) is 3.35. The van der Waals surface area contributed by atoms with Crippen molar-refractivity contribution in [2.45, 2.75) is 25.0 Å². The van der Waals surface area contributed by atoms with Gasteiger partial charge in [-0.05, 0) is 43.2 Å². The van der Waals surface area contributed by atoms with E-state index in [0.29, 0.717) is 5.75 Å². The van der Waals surface area contributed by atoms with Crippen molar-refractivity contribution < 1.29 is 14.3 Å². The molecule has 1 aromatic heterocycles. The Kier molecular flexibility index (Phi) is 5.25. The number of carbonyl (C=O) groups excluding carboxylic acids is 1. The van der Waals surface area contributed by atoms with E-state index in [2.05, 4.69) is 23.3 Å². The molecule has 0 bridgehead atoms. The first-order valence-electron chi connectivity index (χ1n) is 9.03. The van der Waals surface area contributed by atoms with E-state index < -0.39 is 0 Å². The molecule has 144 valence electrons. The number of hydrogen-bond acceptors (Lipinski definition) is 5. The molecular weight excluding hydrogens is 374 g/mol. The van der Waals surface area contributed by atoms with Crippen molar-refractivity contribution in [2.75, 3.05) is 12.5 Å². The highest BCUT2D eigenvalue weighted by molar-refractivity contribution is 7.99. The summed E-state index contributed by atoms with van der Waals surface area (Å²) in [5.41, 5.74) is 3.20. The fourth-order valence-electron chi connectivity index (χ4n) is 3.09. The Morgan fingerprint density at radius 3 is 2.93 bits per heavy atom. The van der Waals surface area contributed by atoms with Gasteiger partial charge in [-0.15, -0.1) is 0 Å². The molecule has 1 amide bonds. The van der Waals surface area contributed by atoms with Gasteiger partial charge < -0.3 is 14.8 Å². The molecule has 1 N–H and O–H groups in total. The SMILES string of the molecule is Cc1ccccc1-n1ccnc1SCC(=O)NC(C)c1ccc2c(c1)OCO2. The van der Waals surface area contributed by atoms with Gasteiger partial charge in [0.05, 0.1) is 17.5 Å². The first-order valence-corrected chi connectivity index (χ1v) is 10.0. The molecule has 0 fully saturated rings. The van der Waals surface area contributed by atoms with Crippen LogP contribution in [0.5, 0.6) is 11.5 Å². The Morgan fingerprint density at radius 1 is 1.25 bits per heavy atom. The summed E-state index contributed by atoms with van der Waals surface area (Å²) in [6, 6.07) is 13.7. The Bertz CT molecular complexity index is 1000. The van der Waals surface area contributed by atoms with Crippen LogP contribution in [0, 0.1) is 6.92 Å². The van der Waals surface area contributed by atoms with Gasteiger partial charge in [-0.2, -0.15) is 0 Å². The lowest BCUT2D eigenvalue weighted by Crippen LogP contribution is -2.28. The number of para-hydroxylation sites is 1. The van der Waals surface area contributed by atoms with Gasteiger partial charge in [0, 0.05) is 12.4 Å². The van der Waals surface area contributed by atoms with Gasteiger partial charge in [0.2, 0.25) is 12.7 Å². The van der Waals surface area contributed by atoms with Crippen LogP contribution in [0.2, 0.25) is 0 Å². The Balaban J connectivity index is 1.38. The minimum absolute atomic E-state index is 0.0468. The summed E-state index contributed by atoms with van der Waals surface area (Å²) in [7, 11) is 0. The molecular formula is C21H21N3O3S. The third kappa shape index (κ3) is 3.84. The van der Waals surface area contributed by atoms with Gasteiger partial charge in [-0.1, -0.05) is 36.0 Å². The molecule has 1 aliphatic rings. The van der Waals surface area contributed by atoms with Gasteiger partial charge >= 0.3 is 0 Å². The number of benzene rings is 2. The van der Waals surface area contributed by atoms with Gasteiger partial charge in [0.1, 0.15) is 0 Å². The smallest absolute Gasteiger partial charge is 0.231 e. The van der Waals surface area contributed by atoms with E-state index in [0.717, 1.165) is 27.7 Å². The predicted octanol–water partition coefficient (Wildman–Crippen LogP) is 3.88. The van der Waals surface area contributed by atoms with Crippen LogP contribution in [0.25, 0.3) is 5.69 Å². The van der Waals surface area contributed by atoms with Crippen LogP contribution >= 0.6 is 11.8 Å². The first-order chi connectivity index (χ1) is 13.6. The largest absolute Gasteiger partial charge is 0.454 e. The van der Waals surface area contributed by atoms with Crippen molar-refractivity contribution in [1.82, 2.24) is 14.9 Å². The van der Waals surface area contributed by atoms with Crippen molar-refractivity contribution in [3.8, 4) is 17.2 Å². The number of fused-ring (bicyclic) bond motifs is 1. The summed E-state index contributed by atoms with van der Waals surface area (Å²) in [6.07, 6.45) is 3.67. The normalized spacial score (nSPS) is 13.4. The van der Waals surface area contributed by atoms with Gasteiger partial charge in [0.25, 0.3) is 0 Å². The van der Waals surface area contributed by atoms with Crippen LogP contribution in [0.3, 0.4) is 0 Å². The molecule has 0 radical (unpaired) electrons. The topological polar surface area (TPSA) is 65.4 Å². The number of nitrogens with zero attached hydrogens (tertiary/aromatic N) is 2. The number of aryl methyl sites for hydroxylation is 1. The fraction of sp³-hybridized carbons (Fsp3) is 0.238. The van der Waals surface area contributed by atoms with Gasteiger partial charge in [0.15, 0.2) is 16.7 Å². The number of ether oxygens (including phenoxy) is 2. The summed E-state index contributed by atoms with van der Waals surface area (Å²) in [5, 5.41) is 3.82. The summed E-state index contributed by atoms with van der Waals surface area (Å²) < 4.78 is 12.7. The minimum Gasteiger partial charge on any atom is -0.454 e. The Hall–Kier alpha value is -2.93. The maximum atomic E-state index is 12.4. The van der Waals surface area contributed by atoms with E-state index in [4.69, 9.17) is 9.47 Å². The number of carbonyl (C=O) groups is 1. The molecule has 2 aromatic carbocycles. The Morgan fingerprint density at radius 2 is 2.07 bits per heavy atom. The monoisotopic (exact) mass is 395 g/mol. The quantitative estimate of drug-likeness (QED) is 0.642. The summed E-state index contributed by atoms with van der Waals surface area (Å²) in [4.78, 5) is 16.8. The van der Waals surface area contributed by atoms with E-state index in [1.807, 2.05) is 54.1 Å². The molecule has 1 aliphatic heterocycles. The summed E-state index contributed by atoms with van der Waals surface area (Å²) >= 11 is 1.42. The number of hydrogen-bond donors (Lipinski definition) is 1. The first kappa shape index (κ1) is 18.4. The second-order valence-corrected chi connectivity index (χ2v) is 7.50. The summed E-state index contributed by atoms with van der Waals surface area (Å²) in [6.45, 7) is 4.25. The second kappa shape index (κ2) is 7.98. The van der Waals surface area contributed by atoms with Crippen molar-refractivity contribution in [2.24, 2.45) is 0 Å². The minimum atomic E-state index is -0.126. The molecule has 4 rings (SSSR count). The zero-order valence-corrected chi connectivity index (χ0v) is 16.5. The standard InChI is InChI=1S/C21H21N3O3S/c1-14-5-3-4-6-17(14)24-10-9-22-21(24)28-12-20(25)23-15(2)16-7-8-18-19(11-16)27-13-26-18/h3-11,15H,12-13H2,1-2H3,(H,23,25). The third-order valence-corrected chi connectivity index (χ3v) is 5.56. The fourth-order valence-corrected chi connectivity index (χ4v) is 3.87. The lowest BCUT2D eigenvalue weighted by Gasteiger charge is -2.15. The molecule has 0 spiro atoms. The lowest BCUT2D eigenvalue weighted by atomic mass is 10.1. The lowest BCUT2D eigenvalue weighted by molar-refractivity contribution is -0.119. The maximum absolute atomic E-state index is 12.4. The molecule has 0 saturated carbocycles. The van der Waals surface area contributed by atoms with Gasteiger partial charge in [-0.25, -0.2) is 4.98 Å². The maximum Gasteiger partial charge on any atom is 0.231 e. The van der Waals surface area contributed by atoms with Crippen molar-refractivity contribution in [3.63, 3.8) is 0 Å². The molecule has 0 saturated heterocycles. The molecule has 2 heterocycles. The molecule has 1 unspecified atom stereocenters. The highest BCUT2D eigenvalue weighted by Gasteiger charge is 2.17. The van der Waals surface area contributed by atoms with Crippen LogP contribution in [0.1, 0.15) is 24.1 Å². The van der Waals surface area contributed by atoms with E-state index in [-0.39, 0.29) is 24.5 Å². The number of amides is 1. The van der Waals surface area contributed by atoms with Gasteiger partial charge in [-0.3, -0.25) is 9.36 Å². The van der Waals surface area contributed by atoms with E-state index in [1.165, 1.54) is 11.8 Å². The summed E-state index contributed by atoms with van der Waals surface area (Å²) in [5.74, 6) is 1.70. The molecule has 1 atom stereocenters. The number of rotatable bonds is 6. The highest BCUT2D eigenvalue weighted by atomic mass is 32.2. The van der Waals surface area contributed by atoms with Crippen molar-refractivity contribution in [1.29, 1.82) is 0 Å². The van der Waals surface area contributed by atoms with Crippen LogP contribution < -0.4 is 14.8 Å². The van der Waals surface area contributed by atoms with Crippen LogP contribution in [0.4, 0.5) is 0 Å². The predicted molar refractivity (Wildman–Crippen MR) is 108 cm³/mol. The number of thioether (sulfide) groups is 1. The van der Waals surface area contributed by atoms with Crippen LogP contribution in [-0.2, 0) is 4.79 Å². The molecule has 28 heavy (non-hydrogen) atoms. The van der Waals surface area contributed by atoms with E-state index in [9.17, 15) is 4.79 Å². The van der Waals surface area contributed by atoms with Crippen molar-refractivity contribution >= 4 is 17.7 Å². The zero-order valence-electron chi connectivity index (χ0n) is 15.7. The Labute approximate surface area is 167 Å². The molecule has 0 aliphatic carbocycles. The number of nitrogens with one attached hydrogen (secondary N) is 1. The average molecular weight is 395 g/mol. The van der Waals surface area contributed by atoms with Crippen LogP contribution in [-0.4, -0.2) is 28.0 Å². The zero-order chi connectivity index (χ0) is 19.5. The molecule has 3 aromatic rings. The highest BCUT2D eigenvalue weighted by Crippen LogP contribution is 2.34. The second-order valence-electron chi connectivity index (χ2n) is 6.56. The third-order valence-electron chi connectivity index (χ3n) is 4.59. The van der Waals surface area contributed by atoms with E-state index >= 15 is 0 Å². The number of aromatic nitrogens is 2. The number of imidazole rings is 1. The molecule has 6 nitrogen and oxygen atoms in total. The van der Waals surface area contributed by atoms with Crippen molar-refractivity contribution in [3.05, 3.63) is 66.0 Å². The molecule has 7 heteroatoms.